The van der Waals surface area contributed by atoms with Crippen molar-refractivity contribution in [1.29, 1.82) is 0 Å². The van der Waals surface area contributed by atoms with Gasteiger partial charge in [0, 0.05) is 22.3 Å². The van der Waals surface area contributed by atoms with Crippen molar-refractivity contribution in [1.82, 2.24) is 9.78 Å². The Kier molecular flexibility index (Phi) is 6.70. The van der Waals surface area contributed by atoms with E-state index in [2.05, 4.69) is 26.3 Å². The second-order valence-corrected chi connectivity index (χ2v) is 8.83. The Labute approximate surface area is 195 Å². The summed E-state index contributed by atoms with van der Waals surface area (Å²) in [6.07, 6.45) is 1.70. The average molecular weight is 521 g/mol. The Hall–Kier alpha value is -2.68. The molecule has 0 aliphatic rings. The van der Waals surface area contributed by atoms with Crippen molar-refractivity contribution < 1.29 is 13.9 Å². The molecule has 0 radical (unpaired) electrons. The molecule has 0 bridgehead atoms. The molecule has 1 N–H and O–H groups in total. The van der Waals surface area contributed by atoms with E-state index in [1.807, 2.05) is 5.38 Å². The summed E-state index contributed by atoms with van der Waals surface area (Å²) in [5, 5.41) is 9.64. The molecular weight excluding hydrogens is 505 g/mol. The van der Waals surface area contributed by atoms with Gasteiger partial charge < -0.3 is 10.1 Å². The molecule has 0 saturated heterocycles. The van der Waals surface area contributed by atoms with Gasteiger partial charge >= 0.3 is 0 Å². The molecule has 31 heavy (non-hydrogen) atoms. The van der Waals surface area contributed by atoms with Gasteiger partial charge in [-0.05, 0) is 57.7 Å². The van der Waals surface area contributed by atoms with Crippen LogP contribution in [0.25, 0.3) is 0 Å². The first-order valence-corrected chi connectivity index (χ1v) is 11.3. The number of halogens is 3. The maximum Gasteiger partial charge on any atom is 0.266 e. The van der Waals surface area contributed by atoms with E-state index in [1.54, 1.807) is 59.4 Å². The zero-order valence-corrected chi connectivity index (χ0v) is 19.2. The molecule has 0 fully saturated rings. The lowest BCUT2D eigenvalue weighted by Crippen LogP contribution is -2.12. The standard InChI is InChI=1S/C22H16BrClFN3O2S/c23-18-11-28(10-15-3-1-2-4-19(15)25)27-21(18)26-22(29)20-9-14(13-31-20)12-30-17-7-5-16(24)6-8-17/h1-9,11,13H,10,12H2,(H,26,27,29). The molecule has 1 amide bonds. The molecular formula is C22H16BrClFN3O2S. The van der Waals surface area contributed by atoms with Crippen molar-refractivity contribution in [3.8, 4) is 5.75 Å². The van der Waals surface area contributed by atoms with Crippen molar-refractivity contribution in [2.45, 2.75) is 13.2 Å². The summed E-state index contributed by atoms with van der Waals surface area (Å²) in [5.74, 6) is 0.492. The summed E-state index contributed by atoms with van der Waals surface area (Å²) in [6.45, 7) is 0.596. The van der Waals surface area contributed by atoms with Gasteiger partial charge in [0.25, 0.3) is 5.91 Å². The highest BCUT2D eigenvalue weighted by atomic mass is 79.9. The second kappa shape index (κ2) is 9.64. The number of nitrogens with zero attached hydrogens (tertiary/aromatic N) is 2. The van der Waals surface area contributed by atoms with E-state index in [0.29, 0.717) is 38.1 Å². The fourth-order valence-corrected chi connectivity index (χ4v) is 4.13. The van der Waals surface area contributed by atoms with Crippen LogP contribution in [-0.2, 0) is 13.2 Å². The Morgan fingerprint density at radius 1 is 1.23 bits per heavy atom. The van der Waals surface area contributed by atoms with Crippen molar-refractivity contribution in [2.24, 2.45) is 0 Å². The van der Waals surface area contributed by atoms with Crippen molar-refractivity contribution in [2.75, 3.05) is 5.32 Å². The second-order valence-electron chi connectivity index (χ2n) is 6.63. The van der Waals surface area contributed by atoms with Gasteiger partial charge in [0.05, 0.1) is 15.9 Å². The highest BCUT2D eigenvalue weighted by Crippen LogP contribution is 2.24. The topological polar surface area (TPSA) is 56.2 Å². The van der Waals surface area contributed by atoms with Crippen LogP contribution in [0.2, 0.25) is 5.02 Å². The summed E-state index contributed by atoms with van der Waals surface area (Å²) in [5.41, 5.74) is 1.40. The monoisotopic (exact) mass is 519 g/mol. The van der Waals surface area contributed by atoms with E-state index in [-0.39, 0.29) is 18.3 Å². The van der Waals surface area contributed by atoms with Crippen molar-refractivity contribution in [3.63, 3.8) is 0 Å². The number of carbonyl (C=O) groups is 1. The summed E-state index contributed by atoms with van der Waals surface area (Å²) in [6, 6.07) is 15.4. The van der Waals surface area contributed by atoms with Crippen LogP contribution >= 0.6 is 38.9 Å². The van der Waals surface area contributed by atoms with E-state index in [4.69, 9.17) is 16.3 Å². The molecule has 9 heteroatoms. The number of amides is 1. The third kappa shape index (κ3) is 5.52. The van der Waals surface area contributed by atoms with Gasteiger partial charge in [-0.3, -0.25) is 9.48 Å². The van der Waals surface area contributed by atoms with Gasteiger partial charge in [-0.15, -0.1) is 11.3 Å². The van der Waals surface area contributed by atoms with Gasteiger partial charge in [0.2, 0.25) is 0 Å². The van der Waals surface area contributed by atoms with E-state index >= 15 is 0 Å². The molecule has 0 saturated carbocycles. The Balaban J connectivity index is 1.38. The fourth-order valence-electron chi connectivity index (χ4n) is 2.80. The summed E-state index contributed by atoms with van der Waals surface area (Å²) in [7, 11) is 0. The first-order chi connectivity index (χ1) is 15.0. The molecule has 2 aromatic carbocycles. The molecule has 158 valence electrons. The average Bonchev–Trinajstić information content (AvgIpc) is 3.36. The minimum Gasteiger partial charge on any atom is -0.489 e. The maximum absolute atomic E-state index is 13.9. The number of hydrogen-bond acceptors (Lipinski definition) is 4. The number of benzene rings is 2. The van der Waals surface area contributed by atoms with Crippen LogP contribution in [0.1, 0.15) is 20.8 Å². The lowest BCUT2D eigenvalue weighted by molar-refractivity contribution is 0.103. The number of thiophene rings is 1. The number of ether oxygens (including phenoxy) is 1. The molecule has 2 aromatic heterocycles. The van der Waals surface area contributed by atoms with Gasteiger partial charge in [-0.1, -0.05) is 29.8 Å². The van der Waals surface area contributed by atoms with Crippen LogP contribution in [0.15, 0.2) is 70.6 Å². The van der Waals surface area contributed by atoms with E-state index in [9.17, 15) is 9.18 Å². The van der Waals surface area contributed by atoms with E-state index in [0.717, 1.165) is 5.56 Å². The molecule has 0 unspecified atom stereocenters. The first kappa shape index (κ1) is 21.5. The number of rotatable bonds is 7. The molecule has 4 aromatic rings. The molecule has 0 spiro atoms. The van der Waals surface area contributed by atoms with E-state index in [1.165, 1.54) is 17.4 Å². The summed E-state index contributed by atoms with van der Waals surface area (Å²) >= 11 is 10.6. The van der Waals surface area contributed by atoms with Crippen LogP contribution in [0.3, 0.4) is 0 Å². The summed E-state index contributed by atoms with van der Waals surface area (Å²) in [4.78, 5) is 13.2. The number of carbonyl (C=O) groups excluding carboxylic acids is 1. The third-order valence-electron chi connectivity index (χ3n) is 4.34. The molecule has 0 aliphatic carbocycles. The quantitative estimate of drug-likeness (QED) is 0.308. The predicted octanol–water partition coefficient (Wildman–Crippen LogP) is 6.38. The van der Waals surface area contributed by atoms with Crippen LogP contribution in [0.5, 0.6) is 5.75 Å². The highest BCUT2D eigenvalue weighted by molar-refractivity contribution is 9.10. The third-order valence-corrected chi connectivity index (χ3v) is 6.15. The Morgan fingerprint density at radius 3 is 2.77 bits per heavy atom. The number of hydrogen-bond donors (Lipinski definition) is 1. The first-order valence-electron chi connectivity index (χ1n) is 9.21. The normalized spacial score (nSPS) is 10.8. The number of anilines is 1. The highest BCUT2D eigenvalue weighted by Gasteiger charge is 2.15. The SMILES string of the molecule is O=C(Nc1nn(Cc2ccccc2F)cc1Br)c1cc(COc2ccc(Cl)cc2)cs1. The molecule has 4 rings (SSSR count). The largest absolute Gasteiger partial charge is 0.489 e. The number of nitrogens with one attached hydrogen (secondary N) is 1. The van der Waals surface area contributed by atoms with Crippen LogP contribution in [0.4, 0.5) is 10.2 Å². The lowest BCUT2D eigenvalue weighted by atomic mass is 10.2. The maximum atomic E-state index is 13.9. The van der Waals surface area contributed by atoms with Gasteiger partial charge in [0.1, 0.15) is 18.2 Å². The Bertz CT molecular complexity index is 1210. The minimum atomic E-state index is -0.299. The smallest absolute Gasteiger partial charge is 0.266 e. The zero-order chi connectivity index (χ0) is 21.8. The molecule has 5 nitrogen and oxygen atoms in total. The molecule has 0 atom stereocenters. The van der Waals surface area contributed by atoms with Crippen LogP contribution < -0.4 is 10.1 Å². The van der Waals surface area contributed by atoms with Gasteiger partial charge in [-0.2, -0.15) is 5.10 Å². The zero-order valence-electron chi connectivity index (χ0n) is 16.0. The number of aromatic nitrogens is 2. The minimum absolute atomic E-state index is 0.256. The van der Waals surface area contributed by atoms with Gasteiger partial charge in [0.15, 0.2) is 5.82 Å². The van der Waals surface area contributed by atoms with Crippen molar-refractivity contribution in [3.05, 3.63) is 97.5 Å². The van der Waals surface area contributed by atoms with Gasteiger partial charge in [-0.25, -0.2) is 4.39 Å². The lowest BCUT2D eigenvalue weighted by Gasteiger charge is -2.04. The Morgan fingerprint density at radius 2 is 2.00 bits per heavy atom. The van der Waals surface area contributed by atoms with Crippen molar-refractivity contribution >= 4 is 50.6 Å². The van der Waals surface area contributed by atoms with Crippen LogP contribution in [-0.4, -0.2) is 15.7 Å². The van der Waals surface area contributed by atoms with Crippen LogP contribution in [0, 0.1) is 5.82 Å². The molecule has 2 heterocycles. The predicted molar refractivity (Wildman–Crippen MR) is 123 cm³/mol. The van der Waals surface area contributed by atoms with E-state index < -0.39 is 0 Å². The summed E-state index contributed by atoms with van der Waals surface area (Å²) < 4.78 is 21.8. The fraction of sp³-hybridized carbons (Fsp3) is 0.0909. The molecule has 0 aliphatic heterocycles.